The predicted molar refractivity (Wildman–Crippen MR) is 66.6 cm³/mol. The minimum absolute atomic E-state index is 0.126. The number of carboxylic acids is 1. The number of aryl methyl sites for hydroxylation is 1. The zero-order valence-corrected chi connectivity index (χ0v) is 11.1. The van der Waals surface area contributed by atoms with Crippen LogP contribution in [0.25, 0.3) is 0 Å². The Morgan fingerprint density at radius 1 is 1.53 bits per heavy atom. The highest BCUT2D eigenvalue weighted by Crippen LogP contribution is 2.15. The Morgan fingerprint density at radius 2 is 2.24 bits per heavy atom. The van der Waals surface area contributed by atoms with E-state index in [2.05, 4.69) is 4.72 Å². The molecule has 0 atom stereocenters. The van der Waals surface area contributed by atoms with Crippen LogP contribution in [0.15, 0.2) is 11.4 Å². The molecule has 1 aromatic rings. The van der Waals surface area contributed by atoms with Gasteiger partial charge in [-0.2, -0.15) is 0 Å². The van der Waals surface area contributed by atoms with Crippen LogP contribution in [-0.4, -0.2) is 25.2 Å². The summed E-state index contributed by atoms with van der Waals surface area (Å²) < 4.78 is 25.5. The molecule has 0 saturated carbocycles. The van der Waals surface area contributed by atoms with Crippen molar-refractivity contribution < 1.29 is 18.3 Å². The van der Waals surface area contributed by atoms with Gasteiger partial charge in [0.05, 0.1) is 5.75 Å². The number of hydrogen-bond acceptors (Lipinski definition) is 4. The van der Waals surface area contributed by atoms with Crippen LogP contribution in [0.1, 0.15) is 23.3 Å². The van der Waals surface area contributed by atoms with Crippen molar-refractivity contribution in [3.05, 3.63) is 21.9 Å². The maximum absolute atomic E-state index is 11.5. The molecular weight excluding hydrogens is 262 g/mol. The lowest BCUT2D eigenvalue weighted by atomic mass is 10.3. The van der Waals surface area contributed by atoms with Gasteiger partial charge in [-0.3, -0.25) is 4.79 Å². The third-order valence-corrected chi connectivity index (χ3v) is 4.66. The summed E-state index contributed by atoms with van der Waals surface area (Å²) in [4.78, 5) is 11.2. The van der Waals surface area contributed by atoms with Gasteiger partial charge >= 0.3 is 5.97 Å². The molecule has 96 valence electrons. The number of hydrogen-bond donors (Lipinski definition) is 2. The highest BCUT2D eigenvalue weighted by atomic mass is 32.2. The standard InChI is InChI=1S/C10H15NO4S2/c1-8-4-5-16-9(8)7-11-17(14,15)6-2-3-10(12)13/h4-5,11H,2-3,6-7H2,1H3,(H,12,13). The van der Waals surface area contributed by atoms with Gasteiger partial charge in [-0.15, -0.1) is 11.3 Å². The molecule has 0 radical (unpaired) electrons. The molecule has 0 aliphatic carbocycles. The van der Waals surface area contributed by atoms with Crippen LogP contribution < -0.4 is 4.72 Å². The number of aliphatic carboxylic acids is 1. The Bertz CT molecular complexity index is 478. The van der Waals surface area contributed by atoms with E-state index >= 15 is 0 Å². The van der Waals surface area contributed by atoms with Crippen molar-refractivity contribution in [2.75, 3.05) is 5.75 Å². The largest absolute Gasteiger partial charge is 0.481 e. The smallest absolute Gasteiger partial charge is 0.303 e. The van der Waals surface area contributed by atoms with Crippen LogP contribution in [0, 0.1) is 6.92 Å². The Kier molecular flexibility index (Phi) is 5.10. The van der Waals surface area contributed by atoms with Crippen molar-refractivity contribution in [3.8, 4) is 0 Å². The molecule has 0 unspecified atom stereocenters. The average Bonchev–Trinajstić information content (AvgIpc) is 2.60. The van der Waals surface area contributed by atoms with Gasteiger partial charge in [-0.25, -0.2) is 13.1 Å². The Balaban J connectivity index is 2.40. The van der Waals surface area contributed by atoms with E-state index in [0.29, 0.717) is 0 Å². The fourth-order valence-corrected chi connectivity index (χ4v) is 3.22. The highest BCUT2D eigenvalue weighted by Gasteiger charge is 2.11. The topological polar surface area (TPSA) is 83.5 Å². The second-order valence-corrected chi connectivity index (χ2v) is 6.59. The molecule has 1 aromatic heterocycles. The van der Waals surface area contributed by atoms with Crippen molar-refractivity contribution in [3.63, 3.8) is 0 Å². The molecule has 7 heteroatoms. The van der Waals surface area contributed by atoms with E-state index in [9.17, 15) is 13.2 Å². The first-order chi connectivity index (χ1) is 7.91. The Labute approximate surface area is 105 Å². The number of carbonyl (C=O) groups is 1. The van der Waals surface area contributed by atoms with Crippen molar-refractivity contribution in [1.29, 1.82) is 0 Å². The van der Waals surface area contributed by atoms with E-state index in [4.69, 9.17) is 5.11 Å². The number of thiophene rings is 1. The molecule has 0 spiro atoms. The first-order valence-corrected chi connectivity index (χ1v) is 7.66. The lowest BCUT2D eigenvalue weighted by molar-refractivity contribution is -0.137. The van der Waals surface area contributed by atoms with E-state index < -0.39 is 16.0 Å². The molecule has 0 bridgehead atoms. The van der Waals surface area contributed by atoms with E-state index in [-0.39, 0.29) is 25.1 Å². The number of rotatable bonds is 7. The van der Waals surface area contributed by atoms with Crippen LogP contribution in [0.4, 0.5) is 0 Å². The normalized spacial score (nSPS) is 11.6. The van der Waals surface area contributed by atoms with Crippen LogP contribution in [0.5, 0.6) is 0 Å². The maximum Gasteiger partial charge on any atom is 0.303 e. The molecule has 0 aliphatic heterocycles. The third-order valence-electron chi connectivity index (χ3n) is 2.22. The fourth-order valence-electron chi connectivity index (χ4n) is 1.25. The zero-order valence-electron chi connectivity index (χ0n) is 9.47. The molecule has 0 amide bonds. The molecular formula is C10H15NO4S2. The van der Waals surface area contributed by atoms with E-state index in [1.807, 2.05) is 18.4 Å². The van der Waals surface area contributed by atoms with Gasteiger partial charge < -0.3 is 5.11 Å². The Morgan fingerprint density at radius 3 is 2.76 bits per heavy atom. The van der Waals surface area contributed by atoms with E-state index in [0.717, 1.165) is 10.4 Å². The summed E-state index contributed by atoms with van der Waals surface area (Å²) >= 11 is 1.50. The lowest BCUT2D eigenvalue weighted by Gasteiger charge is -2.05. The molecule has 1 rings (SSSR count). The van der Waals surface area contributed by atoms with Gasteiger partial charge in [0, 0.05) is 17.8 Å². The summed E-state index contributed by atoms with van der Waals surface area (Å²) in [5.41, 5.74) is 1.06. The minimum Gasteiger partial charge on any atom is -0.481 e. The summed E-state index contributed by atoms with van der Waals surface area (Å²) in [6.07, 6.45) is 0.00697. The molecule has 17 heavy (non-hydrogen) atoms. The van der Waals surface area contributed by atoms with Gasteiger partial charge in [0.2, 0.25) is 10.0 Å². The number of nitrogens with one attached hydrogen (secondary N) is 1. The number of carboxylic acid groups (broad SMARTS) is 1. The number of sulfonamides is 1. The van der Waals surface area contributed by atoms with Gasteiger partial charge in [0.15, 0.2) is 0 Å². The van der Waals surface area contributed by atoms with Gasteiger partial charge in [0.25, 0.3) is 0 Å². The second kappa shape index (κ2) is 6.13. The van der Waals surface area contributed by atoms with Crippen LogP contribution in [0.2, 0.25) is 0 Å². The minimum atomic E-state index is -3.38. The van der Waals surface area contributed by atoms with E-state index in [1.165, 1.54) is 11.3 Å². The molecule has 0 aromatic carbocycles. The van der Waals surface area contributed by atoms with Gasteiger partial charge in [-0.1, -0.05) is 0 Å². The molecule has 2 N–H and O–H groups in total. The molecule has 5 nitrogen and oxygen atoms in total. The summed E-state index contributed by atoms with van der Waals surface area (Å²) in [6.45, 7) is 2.20. The van der Waals surface area contributed by atoms with Crippen LogP contribution >= 0.6 is 11.3 Å². The van der Waals surface area contributed by atoms with Crippen LogP contribution in [-0.2, 0) is 21.4 Å². The first kappa shape index (κ1) is 14.1. The SMILES string of the molecule is Cc1ccsc1CNS(=O)(=O)CCCC(=O)O. The summed E-state index contributed by atoms with van der Waals surface area (Å²) in [6, 6.07) is 1.93. The Hall–Kier alpha value is -0.920. The summed E-state index contributed by atoms with van der Waals surface area (Å²) in [5.74, 6) is -1.13. The monoisotopic (exact) mass is 277 g/mol. The summed E-state index contributed by atoms with van der Waals surface area (Å²) in [7, 11) is -3.38. The first-order valence-electron chi connectivity index (χ1n) is 5.13. The third kappa shape index (κ3) is 5.29. The van der Waals surface area contributed by atoms with Gasteiger partial charge in [-0.05, 0) is 30.4 Å². The molecule has 0 fully saturated rings. The quantitative estimate of drug-likeness (QED) is 0.788. The molecule has 0 saturated heterocycles. The lowest BCUT2D eigenvalue weighted by Crippen LogP contribution is -2.26. The predicted octanol–water partition coefficient (Wildman–Crippen LogP) is 1.34. The molecule has 0 aliphatic rings. The second-order valence-electron chi connectivity index (χ2n) is 3.66. The van der Waals surface area contributed by atoms with E-state index in [1.54, 1.807) is 0 Å². The maximum atomic E-state index is 11.5. The zero-order chi connectivity index (χ0) is 12.9. The van der Waals surface area contributed by atoms with Crippen molar-refractivity contribution in [2.24, 2.45) is 0 Å². The van der Waals surface area contributed by atoms with Crippen LogP contribution in [0.3, 0.4) is 0 Å². The average molecular weight is 277 g/mol. The van der Waals surface area contributed by atoms with Crippen molar-refractivity contribution in [1.82, 2.24) is 4.72 Å². The van der Waals surface area contributed by atoms with Gasteiger partial charge in [0.1, 0.15) is 0 Å². The molecule has 1 heterocycles. The fraction of sp³-hybridized carbons (Fsp3) is 0.500. The van der Waals surface area contributed by atoms with Crippen molar-refractivity contribution in [2.45, 2.75) is 26.3 Å². The summed E-state index contributed by atoms with van der Waals surface area (Å²) in [5, 5.41) is 10.3. The highest BCUT2D eigenvalue weighted by molar-refractivity contribution is 7.89. The van der Waals surface area contributed by atoms with Crippen molar-refractivity contribution >= 4 is 27.3 Å².